The number of hydrogen-bond donors (Lipinski definition) is 3. The first kappa shape index (κ1) is 12.0. The molecule has 0 fully saturated rings. The molecular weight excluding hydrogens is 190 g/mol. The zero-order valence-corrected chi connectivity index (χ0v) is 9.33. The van der Waals surface area contributed by atoms with E-state index < -0.39 is 0 Å². The van der Waals surface area contributed by atoms with Crippen LogP contribution in [0.15, 0.2) is 24.3 Å². The van der Waals surface area contributed by atoms with Crippen molar-refractivity contribution in [1.82, 2.24) is 5.32 Å². The number of para-hydroxylation sites is 1. The fourth-order valence-electron chi connectivity index (χ4n) is 1.36. The van der Waals surface area contributed by atoms with Gasteiger partial charge in [-0.05, 0) is 26.3 Å². The number of hydrogen-bond acceptors (Lipinski definition) is 3. The lowest BCUT2D eigenvalue weighted by Gasteiger charge is -2.25. The van der Waals surface area contributed by atoms with E-state index in [2.05, 4.69) is 5.32 Å². The monoisotopic (exact) mass is 209 g/mol. The SMILES string of the molecule is CC(C)(CCO)NCc1ccccc1O. The van der Waals surface area contributed by atoms with Crippen molar-refractivity contribution in [1.29, 1.82) is 0 Å². The molecule has 0 aliphatic rings. The van der Waals surface area contributed by atoms with Gasteiger partial charge in [0, 0.05) is 24.3 Å². The Balaban J connectivity index is 2.53. The van der Waals surface area contributed by atoms with Crippen molar-refractivity contribution in [2.45, 2.75) is 32.4 Å². The molecule has 3 nitrogen and oxygen atoms in total. The Morgan fingerprint density at radius 1 is 1.27 bits per heavy atom. The normalized spacial score (nSPS) is 11.7. The van der Waals surface area contributed by atoms with E-state index in [-0.39, 0.29) is 12.1 Å². The summed E-state index contributed by atoms with van der Waals surface area (Å²) in [6.07, 6.45) is 0.695. The molecule has 0 bridgehead atoms. The lowest BCUT2D eigenvalue weighted by molar-refractivity contribution is 0.229. The van der Waals surface area contributed by atoms with Crippen molar-refractivity contribution in [3.63, 3.8) is 0 Å². The summed E-state index contributed by atoms with van der Waals surface area (Å²) in [7, 11) is 0. The Morgan fingerprint density at radius 3 is 2.53 bits per heavy atom. The third kappa shape index (κ3) is 3.90. The van der Waals surface area contributed by atoms with Crippen LogP contribution < -0.4 is 5.32 Å². The van der Waals surface area contributed by atoms with Crippen molar-refractivity contribution in [2.24, 2.45) is 0 Å². The van der Waals surface area contributed by atoms with Crippen LogP contribution in [0.2, 0.25) is 0 Å². The summed E-state index contributed by atoms with van der Waals surface area (Å²) < 4.78 is 0. The zero-order valence-electron chi connectivity index (χ0n) is 9.33. The third-order valence-electron chi connectivity index (χ3n) is 2.49. The molecule has 0 heterocycles. The van der Waals surface area contributed by atoms with Crippen LogP contribution in [0.4, 0.5) is 0 Å². The van der Waals surface area contributed by atoms with Crippen molar-refractivity contribution in [3.8, 4) is 5.75 Å². The number of aromatic hydroxyl groups is 1. The van der Waals surface area contributed by atoms with Crippen LogP contribution in [0.25, 0.3) is 0 Å². The van der Waals surface area contributed by atoms with Gasteiger partial charge in [-0.15, -0.1) is 0 Å². The average Bonchev–Trinajstić information content (AvgIpc) is 2.16. The minimum Gasteiger partial charge on any atom is -0.508 e. The van der Waals surface area contributed by atoms with Gasteiger partial charge in [-0.25, -0.2) is 0 Å². The van der Waals surface area contributed by atoms with Gasteiger partial charge in [-0.3, -0.25) is 0 Å². The molecule has 0 saturated carbocycles. The number of phenolic OH excluding ortho intramolecular Hbond substituents is 1. The lowest BCUT2D eigenvalue weighted by atomic mass is 10.0. The van der Waals surface area contributed by atoms with Crippen LogP contribution in [-0.4, -0.2) is 22.4 Å². The van der Waals surface area contributed by atoms with Crippen LogP contribution >= 0.6 is 0 Å². The summed E-state index contributed by atoms with van der Waals surface area (Å²) in [5, 5.41) is 21.7. The Kier molecular flexibility index (Phi) is 4.12. The lowest BCUT2D eigenvalue weighted by Crippen LogP contribution is -2.39. The highest BCUT2D eigenvalue weighted by Crippen LogP contribution is 2.17. The molecule has 1 aromatic rings. The largest absolute Gasteiger partial charge is 0.508 e. The van der Waals surface area contributed by atoms with Gasteiger partial charge in [-0.2, -0.15) is 0 Å². The van der Waals surface area contributed by atoms with Crippen LogP contribution in [0.5, 0.6) is 5.75 Å². The summed E-state index contributed by atoms with van der Waals surface area (Å²) in [6.45, 7) is 4.84. The summed E-state index contributed by atoms with van der Waals surface area (Å²) in [5.74, 6) is 0.310. The van der Waals surface area contributed by atoms with E-state index >= 15 is 0 Å². The molecule has 3 N–H and O–H groups in total. The first-order valence-corrected chi connectivity index (χ1v) is 5.18. The predicted molar refractivity (Wildman–Crippen MR) is 60.7 cm³/mol. The summed E-state index contributed by atoms with van der Waals surface area (Å²) >= 11 is 0. The molecule has 3 heteroatoms. The average molecular weight is 209 g/mol. The van der Waals surface area contributed by atoms with E-state index in [4.69, 9.17) is 5.11 Å². The minimum absolute atomic E-state index is 0.114. The second kappa shape index (κ2) is 5.14. The number of phenols is 1. The van der Waals surface area contributed by atoms with Crippen LogP contribution in [0.1, 0.15) is 25.8 Å². The molecule has 0 unspecified atom stereocenters. The van der Waals surface area contributed by atoms with Gasteiger partial charge < -0.3 is 15.5 Å². The number of aliphatic hydroxyl groups is 1. The first-order valence-electron chi connectivity index (χ1n) is 5.18. The van der Waals surface area contributed by atoms with Gasteiger partial charge in [-0.1, -0.05) is 18.2 Å². The van der Waals surface area contributed by atoms with Crippen molar-refractivity contribution < 1.29 is 10.2 Å². The minimum atomic E-state index is -0.114. The molecule has 0 aliphatic carbocycles. The summed E-state index contributed by atoms with van der Waals surface area (Å²) in [5.41, 5.74) is 0.764. The van der Waals surface area contributed by atoms with Crippen LogP contribution in [-0.2, 0) is 6.54 Å². The second-order valence-electron chi connectivity index (χ2n) is 4.34. The van der Waals surface area contributed by atoms with Gasteiger partial charge in [0.15, 0.2) is 0 Å². The fraction of sp³-hybridized carbons (Fsp3) is 0.500. The Bertz CT molecular complexity index is 310. The fourth-order valence-corrected chi connectivity index (χ4v) is 1.36. The second-order valence-corrected chi connectivity index (χ2v) is 4.34. The van der Waals surface area contributed by atoms with Gasteiger partial charge in [0.2, 0.25) is 0 Å². The molecule has 0 radical (unpaired) electrons. The van der Waals surface area contributed by atoms with E-state index in [1.807, 2.05) is 26.0 Å². The molecular formula is C12H19NO2. The van der Waals surface area contributed by atoms with E-state index in [0.29, 0.717) is 18.7 Å². The van der Waals surface area contributed by atoms with Crippen molar-refractivity contribution in [3.05, 3.63) is 29.8 Å². The third-order valence-corrected chi connectivity index (χ3v) is 2.49. The molecule has 0 atom stereocenters. The maximum atomic E-state index is 9.55. The summed E-state index contributed by atoms with van der Waals surface area (Å²) in [6, 6.07) is 7.26. The van der Waals surface area contributed by atoms with Crippen molar-refractivity contribution >= 4 is 0 Å². The standard InChI is InChI=1S/C12H19NO2/c1-12(2,7-8-14)13-9-10-5-3-4-6-11(10)15/h3-6,13-15H,7-9H2,1-2H3. The molecule has 0 saturated heterocycles. The molecule has 15 heavy (non-hydrogen) atoms. The number of nitrogens with one attached hydrogen (secondary N) is 1. The summed E-state index contributed by atoms with van der Waals surface area (Å²) in [4.78, 5) is 0. The molecule has 0 aromatic heterocycles. The topological polar surface area (TPSA) is 52.5 Å². The maximum absolute atomic E-state index is 9.55. The zero-order chi connectivity index (χ0) is 11.3. The van der Waals surface area contributed by atoms with Crippen LogP contribution in [0.3, 0.4) is 0 Å². The molecule has 84 valence electrons. The van der Waals surface area contributed by atoms with Gasteiger partial charge >= 0.3 is 0 Å². The maximum Gasteiger partial charge on any atom is 0.120 e. The Hall–Kier alpha value is -1.06. The van der Waals surface area contributed by atoms with E-state index in [0.717, 1.165) is 5.56 Å². The quantitative estimate of drug-likeness (QED) is 0.691. The number of rotatable bonds is 5. The smallest absolute Gasteiger partial charge is 0.120 e. The molecule has 0 amide bonds. The van der Waals surface area contributed by atoms with Gasteiger partial charge in [0.25, 0.3) is 0 Å². The van der Waals surface area contributed by atoms with Crippen LogP contribution in [0, 0.1) is 0 Å². The number of benzene rings is 1. The van der Waals surface area contributed by atoms with Gasteiger partial charge in [0.05, 0.1) is 0 Å². The van der Waals surface area contributed by atoms with Crippen molar-refractivity contribution in [2.75, 3.05) is 6.61 Å². The molecule has 1 aromatic carbocycles. The van der Waals surface area contributed by atoms with Gasteiger partial charge in [0.1, 0.15) is 5.75 Å². The highest BCUT2D eigenvalue weighted by molar-refractivity contribution is 5.31. The molecule has 1 rings (SSSR count). The van der Waals surface area contributed by atoms with E-state index in [9.17, 15) is 5.11 Å². The first-order chi connectivity index (χ1) is 7.05. The number of aliphatic hydroxyl groups excluding tert-OH is 1. The molecule has 0 aliphatic heterocycles. The van der Waals surface area contributed by atoms with E-state index in [1.54, 1.807) is 12.1 Å². The Morgan fingerprint density at radius 2 is 1.93 bits per heavy atom. The highest BCUT2D eigenvalue weighted by Gasteiger charge is 2.16. The van der Waals surface area contributed by atoms with E-state index in [1.165, 1.54) is 0 Å². The molecule has 0 spiro atoms. The highest BCUT2D eigenvalue weighted by atomic mass is 16.3. The predicted octanol–water partition coefficient (Wildman–Crippen LogP) is 1.64. The Labute approximate surface area is 90.8 Å².